The van der Waals surface area contributed by atoms with Gasteiger partial charge in [-0.25, -0.2) is 0 Å². The highest BCUT2D eigenvalue weighted by Crippen LogP contribution is 2.39. The van der Waals surface area contributed by atoms with E-state index in [0.717, 1.165) is 37.4 Å². The molecule has 0 unspecified atom stereocenters. The van der Waals surface area contributed by atoms with Crippen molar-refractivity contribution in [3.8, 4) is 21.0 Å². The topological polar surface area (TPSA) is 64.4 Å². The Morgan fingerprint density at radius 3 is 2.58 bits per heavy atom. The lowest BCUT2D eigenvalue weighted by molar-refractivity contribution is -0.146. The molecule has 0 radical (unpaired) electrons. The van der Waals surface area contributed by atoms with Crippen LogP contribution in [0.5, 0.6) is 0 Å². The summed E-state index contributed by atoms with van der Waals surface area (Å²) in [5.41, 5.74) is 0.869. The molecule has 1 N–H and O–H groups in total. The minimum absolute atomic E-state index is 0.0639. The van der Waals surface area contributed by atoms with E-state index in [1.54, 1.807) is 24.8 Å². The van der Waals surface area contributed by atoms with Gasteiger partial charge in [0.1, 0.15) is 6.54 Å². The van der Waals surface area contributed by atoms with Gasteiger partial charge < -0.3 is 9.84 Å². The number of aliphatic hydroxyl groups excluding tert-OH is 1. The van der Waals surface area contributed by atoms with Gasteiger partial charge in [-0.2, -0.15) is 18.3 Å². The Kier molecular flexibility index (Phi) is 7.45. The van der Waals surface area contributed by atoms with E-state index in [4.69, 9.17) is 4.74 Å². The number of benzene rings is 1. The number of hydrogen-bond donors (Lipinski definition) is 1. The van der Waals surface area contributed by atoms with Gasteiger partial charge in [-0.3, -0.25) is 9.48 Å². The summed E-state index contributed by atoms with van der Waals surface area (Å²) < 4.78 is 45.6. The van der Waals surface area contributed by atoms with E-state index < -0.39 is 24.4 Å². The minimum atomic E-state index is -4.62. The molecule has 166 valence electrons. The molecule has 3 aromatic rings. The van der Waals surface area contributed by atoms with Crippen LogP contribution in [-0.4, -0.2) is 33.2 Å². The van der Waals surface area contributed by atoms with Crippen LogP contribution >= 0.6 is 23.1 Å². The van der Waals surface area contributed by atoms with Gasteiger partial charge in [-0.1, -0.05) is 19.1 Å². The number of ether oxygens (including phenoxy) is 1. The fraction of sp³-hybridized carbons (Fsp3) is 0.333. The third-order valence-electron chi connectivity index (χ3n) is 4.33. The third kappa shape index (κ3) is 5.50. The molecule has 10 heteroatoms. The highest BCUT2D eigenvalue weighted by Gasteiger charge is 2.35. The summed E-state index contributed by atoms with van der Waals surface area (Å²) in [4.78, 5) is 14.2. The first kappa shape index (κ1) is 23.4. The number of hydrogen-bond acceptors (Lipinski definition) is 6. The van der Waals surface area contributed by atoms with Gasteiger partial charge in [0.25, 0.3) is 0 Å². The number of rotatable bonds is 8. The van der Waals surface area contributed by atoms with Gasteiger partial charge in [0, 0.05) is 9.77 Å². The van der Waals surface area contributed by atoms with Crippen molar-refractivity contribution in [2.24, 2.45) is 0 Å². The van der Waals surface area contributed by atoms with E-state index in [1.165, 1.54) is 11.3 Å². The fourth-order valence-electron chi connectivity index (χ4n) is 2.96. The molecular formula is C21H21F3N2O3S2. The zero-order valence-electron chi connectivity index (χ0n) is 16.9. The first-order valence-corrected chi connectivity index (χ1v) is 11.3. The monoisotopic (exact) mass is 470 g/mol. The Labute approximate surface area is 185 Å². The van der Waals surface area contributed by atoms with Crippen LogP contribution in [0, 0.1) is 0 Å². The Morgan fingerprint density at radius 1 is 1.19 bits per heavy atom. The summed E-state index contributed by atoms with van der Waals surface area (Å²) in [5.74, 6) is 0.192. The number of carbonyl (C=O) groups is 1. The Hall–Kier alpha value is -2.30. The highest BCUT2D eigenvalue weighted by molar-refractivity contribution is 7.99. The first-order valence-electron chi connectivity index (χ1n) is 9.54. The fourth-order valence-corrected chi connectivity index (χ4v) is 4.82. The lowest BCUT2D eigenvalue weighted by atomic mass is 10.1. The van der Waals surface area contributed by atoms with E-state index in [2.05, 4.69) is 5.10 Å². The van der Waals surface area contributed by atoms with Gasteiger partial charge in [-0.05, 0) is 48.1 Å². The second-order valence-electron chi connectivity index (χ2n) is 6.45. The van der Waals surface area contributed by atoms with Crippen molar-refractivity contribution in [3.63, 3.8) is 0 Å². The van der Waals surface area contributed by atoms with Crippen LogP contribution < -0.4 is 0 Å². The van der Waals surface area contributed by atoms with Crippen molar-refractivity contribution < 1.29 is 27.8 Å². The molecule has 1 aromatic carbocycles. The van der Waals surface area contributed by atoms with Crippen molar-refractivity contribution in [2.45, 2.75) is 38.1 Å². The van der Waals surface area contributed by atoms with Crippen LogP contribution in [0.15, 0.2) is 41.3 Å². The van der Waals surface area contributed by atoms with Gasteiger partial charge in [-0.15, -0.1) is 23.1 Å². The standard InChI is InChI=1S/C21H21F3N2O3S2/c1-3-29-20(28)11-26-15(10-19(25-26)21(22,23)24)17-8-7-16(31-17)13-5-6-14(12-27)18(9-13)30-4-2/h5-10,27H,3-4,11-12H2,1-2H3. The molecule has 0 amide bonds. The van der Waals surface area contributed by atoms with E-state index in [1.807, 2.05) is 31.2 Å². The summed E-state index contributed by atoms with van der Waals surface area (Å²) in [6.07, 6.45) is -4.62. The number of alkyl halides is 3. The average Bonchev–Trinajstić information content (AvgIpc) is 3.35. The minimum Gasteiger partial charge on any atom is -0.465 e. The number of aliphatic hydroxyl groups is 1. The lowest BCUT2D eigenvalue weighted by Gasteiger charge is -2.08. The van der Waals surface area contributed by atoms with Crippen molar-refractivity contribution in [3.05, 3.63) is 47.7 Å². The lowest BCUT2D eigenvalue weighted by Crippen LogP contribution is -2.16. The smallest absolute Gasteiger partial charge is 0.435 e. The number of thioether (sulfide) groups is 1. The predicted octanol–water partition coefficient (Wildman–Crippen LogP) is 5.46. The first-order chi connectivity index (χ1) is 14.8. The molecule has 0 aliphatic carbocycles. The maximum absolute atomic E-state index is 13.2. The zero-order valence-corrected chi connectivity index (χ0v) is 18.5. The molecule has 5 nitrogen and oxygen atoms in total. The van der Waals surface area contributed by atoms with Crippen LogP contribution in [0.25, 0.3) is 21.0 Å². The van der Waals surface area contributed by atoms with Gasteiger partial charge in [0.2, 0.25) is 0 Å². The normalized spacial score (nSPS) is 11.7. The van der Waals surface area contributed by atoms with Crippen molar-refractivity contribution in [2.75, 3.05) is 12.4 Å². The molecule has 3 rings (SSSR count). The molecule has 0 saturated carbocycles. The molecule has 0 fully saturated rings. The van der Waals surface area contributed by atoms with Crippen molar-refractivity contribution >= 4 is 29.1 Å². The second kappa shape index (κ2) is 9.88. The molecule has 0 spiro atoms. The molecule has 31 heavy (non-hydrogen) atoms. The maximum Gasteiger partial charge on any atom is 0.435 e. The van der Waals surface area contributed by atoms with E-state index in [9.17, 15) is 23.1 Å². The highest BCUT2D eigenvalue weighted by atomic mass is 32.2. The Morgan fingerprint density at radius 2 is 1.94 bits per heavy atom. The molecule has 0 aliphatic rings. The molecular weight excluding hydrogens is 449 g/mol. The van der Waals surface area contributed by atoms with Crippen LogP contribution in [-0.2, 0) is 28.9 Å². The SMILES string of the molecule is CCOC(=O)Cn1nc(C(F)(F)F)cc1-c1ccc(-c2ccc(CO)c(SCC)c2)s1. The average molecular weight is 471 g/mol. The summed E-state index contributed by atoms with van der Waals surface area (Å²) in [6, 6.07) is 10.2. The van der Waals surface area contributed by atoms with Crippen LogP contribution in [0.3, 0.4) is 0 Å². The molecule has 2 aromatic heterocycles. The largest absolute Gasteiger partial charge is 0.465 e. The van der Waals surface area contributed by atoms with Crippen LogP contribution in [0.2, 0.25) is 0 Å². The van der Waals surface area contributed by atoms with Crippen molar-refractivity contribution in [1.29, 1.82) is 0 Å². The third-order valence-corrected chi connectivity index (χ3v) is 6.47. The summed E-state index contributed by atoms with van der Waals surface area (Å²) in [5, 5.41) is 13.1. The number of thiophene rings is 1. The quantitative estimate of drug-likeness (QED) is 0.350. The Bertz CT molecular complexity index is 1060. The number of carbonyl (C=O) groups excluding carboxylic acids is 1. The number of nitrogens with zero attached hydrogens (tertiary/aromatic N) is 2. The van der Waals surface area contributed by atoms with Gasteiger partial charge >= 0.3 is 12.1 Å². The van der Waals surface area contributed by atoms with Gasteiger partial charge in [0.15, 0.2) is 5.69 Å². The van der Waals surface area contributed by atoms with E-state index in [-0.39, 0.29) is 18.9 Å². The number of esters is 1. The Balaban J connectivity index is 1.99. The zero-order chi connectivity index (χ0) is 22.6. The van der Waals surface area contributed by atoms with Gasteiger partial charge in [0.05, 0.1) is 23.8 Å². The van der Waals surface area contributed by atoms with Crippen LogP contribution in [0.1, 0.15) is 25.1 Å². The maximum atomic E-state index is 13.2. The molecule has 0 bridgehead atoms. The molecule has 0 saturated heterocycles. The predicted molar refractivity (Wildman–Crippen MR) is 115 cm³/mol. The molecule has 0 atom stereocenters. The summed E-state index contributed by atoms with van der Waals surface area (Å²) >= 11 is 2.92. The number of aromatic nitrogens is 2. The molecule has 0 aliphatic heterocycles. The van der Waals surface area contributed by atoms with Crippen LogP contribution in [0.4, 0.5) is 13.2 Å². The van der Waals surface area contributed by atoms with E-state index in [0.29, 0.717) is 4.88 Å². The van der Waals surface area contributed by atoms with E-state index >= 15 is 0 Å². The van der Waals surface area contributed by atoms with Crippen molar-refractivity contribution in [1.82, 2.24) is 9.78 Å². The summed E-state index contributed by atoms with van der Waals surface area (Å²) in [7, 11) is 0. The second-order valence-corrected chi connectivity index (χ2v) is 8.84. The number of halogens is 3. The summed E-state index contributed by atoms with van der Waals surface area (Å²) in [6.45, 7) is 3.31. The molecule has 2 heterocycles.